The van der Waals surface area contributed by atoms with Gasteiger partial charge in [-0.1, -0.05) is 11.8 Å². The number of non-ortho nitro benzene ring substituents is 1. The topological polar surface area (TPSA) is 128 Å². The molecule has 0 spiro atoms. The van der Waals surface area contributed by atoms with Gasteiger partial charge in [0.25, 0.3) is 5.69 Å². The van der Waals surface area contributed by atoms with E-state index in [1.807, 2.05) is 0 Å². The molecule has 0 aliphatic carbocycles. The van der Waals surface area contributed by atoms with Gasteiger partial charge in [0.1, 0.15) is 18.9 Å². The number of likely N-dealkylation sites (N-methyl/N-ethyl adjacent to an activating group) is 1. The Bertz CT molecular complexity index is 786. The van der Waals surface area contributed by atoms with Crippen LogP contribution in [0.4, 0.5) is 10.5 Å². The first-order valence-corrected chi connectivity index (χ1v) is 9.72. The van der Waals surface area contributed by atoms with Gasteiger partial charge in [-0.2, -0.15) is 0 Å². The van der Waals surface area contributed by atoms with Gasteiger partial charge >= 0.3 is 6.09 Å². The summed E-state index contributed by atoms with van der Waals surface area (Å²) >= 11 is 1.11. The number of carbonyl (C=O) groups excluding carboxylic acids is 3. The minimum atomic E-state index is -1.10. The van der Waals surface area contributed by atoms with Crippen LogP contribution >= 0.6 is 11.8 Å². The molecule has 1 aromatic rings. The molecule has 1 aliphatic rings. The van der Waals surface area contributed by atoms with Crippen molar-refractivity contribution in [3.8, 4) is 0 Å². The fraction of sp³-hybridized carbons (Fsp3) is 0.500. The minimum absolute atomic E-state index is 0.0566. The molecule has 0 bridgehead atoms. The molecule has 1 heterocycles. The summed E-state index contributed by atoms with van der Waals surface area (Å²) in [4.78, 5) is 47.3. The summed E-state index contributed by atoms with van der Waals surface area (Å²) in [6, 6.07) is 5.67. The number of benzene rings is 1. The molecule has 10 nitrogen and oxygen atoms in total. The molecular formula is C18H23N3O7S. The first-order valence-electron chi connectivity index (χ1n) is 8.84. The summed E-state index contributed by atoms with van der Waals surface area (Å²) in [5, 5.41) is 12.9. The summed E-state index contributed by atoms with van der Waals surface area (Å²) in [5.74, 6) is -0.340. The Morgan fingerprint density at radius 3 is 2.55 bits per heavy atom. The van der Waals surface area contributed by atoms with Gasteiger partial charge in [0, 0.05) is 44.3 Å². The molecule has 29 heavy (non-hydrogen) atoms. The van der Waals surface area contributed by atoms with Crippen LogP contribution in [0.5, 0.6) is 0 Å². The van der Waals surface area contributed by atoms with Crippen molar-refractivity contribution in [2.45, 2.75) is 37.9 Å². The van der Waals surface area contributed by atoms with Crippen LogP contribution in [0.15, 0.2) is 24.3 Å². The number of nitrogens with zero attached hydrogens (tertiary/aromatic N) is 2. The third-order valence-corrected chi connectivity index (χ3v) is 5.40. The van der Waals surface area contributed by atoms with Crippen LogP contribution < -0.4 is 5.32 Å². The Kier molecular flexibility index (Phi) is 7.57. The fourth-order valence-electron chi connectivity index (χ4n) is 2.94. The van der Waals surface area contributed by atoms with Gasteiger partial charge in [0.2, 0.25) is 5.91 Å². The minimum Gasteiger partial charge on any atom is -0.444 e. The van der Waals surface area contributed by atoms with Crippen LogP contribution in [-0.4, -0.2) is 58.1 Å². The summed E-state index contributed by atoms with van der Waals surface area (Å²) in [7, 11) is 1.48. The van der Waals surface area contributed by atoms with Crippen LogP contribution in [0.1, 0.15) is 25.8 Å². The number of carbonyl (C=O) groups is 3. The molecule has 2 atom stereocenters. The number of rotatable bonds is 7. The Morgan fingerprint density at radius 1 is 1.34 bits per heavy atom. The molecule has 2 amide bonds. The maximum absolute atomic E-state index is 12.7. The molecule has 0 unspecified atom stereocenters. The molecule has 11 heteroatoms. The first kappa shape index (κ1) is 22.6. The molecule has 1 saturated heterocycles. The number of thioether (sulfide) groups is 1. The monoisotopic (exact) mass is 425 g/mol. The number of nitro benzene ring substituents is 1. The van der Waals surface area contributed by atoms with E-state index in [0.29, 0.717) is 12.0 Å². The smallest absolute Gasteiger partial charge is 0.412 e. The van der Waals surface area contributed by atoms with Crippen LogP contribution in [0.3, 0.4) is 0 Å². The molecule has 0 radical (unpaired) electrons. The van der Waals surface area contributed by atoms with Gasteiger partial charge in [0.15, 0.2) is 5.12 Å². The number of nitrogens with one attached hydrogen (secondary N) is 1. The highest BCUT2D eigenvalue weighted by atomic mass is 32.2. The molecule has 158 valence electrons. The number of likely N-dealkylation sites (tertiary alicyclic amines) is 1. The van der Waals surface area contributed by atoms with Gasteiger partial charge in [-0.15, -0.1) is 0 Å². The van der Waals surface area contributed by atoms with E-state index in [0.717, 1.165) is 11.8 Å². The van der Waals surface area contributed by atoms with Gasteiger partial charge in [-0.25, -0.2) is 4.79 Å². The second-order valence-corrected chi connectivity index (χ2v) is 8.14. The average Bonchev–Trinajstić information content (AvgIpc) is 3.00. The predicted molar refractivity (Wildman–Crippen MR) is 105 cm³/mol. The van der Waals surface area contributed by atoms with Crippen LogP contribution in [0.25, 0.3) is 0 Å². The highest BCUT2D eigenvalue weighted by Gasteiger charge is 2.47. The maximum Gasteiger partial charge on any atom is 0.412 e. The van der Waals surface area contributed by atoms with E-state index in [1.165, 1.54) is 43.1 Å². The Labute approximate surface area is 172 Å². The fourth-order valence-corrected chi connectivity index (χ4v) is 4.03. The summed E-state index contributed by atoms with van der Waals surface area (Å²) in [6.45, 7) is 3.03. The summed E-state index contributed by atoms with van der Waals surface area (Å²) in [5.41, 5.74) is -0.573. The zero-order valence-electron chi connectivity index (χ0n) is 16.4. The predicted octanol–water partition coefficient (Wildman–Crippen LogP) is 2.06. The van der Waals surface area contributed by atoms with E-state index in [9.17, 15) is 24.5 Å². The Morgan fingerprint density at radius 2 is 2.00 bits per heavy atom. The van der Waals surface area contributed by atoms with Crippen LogP contribution in [0.2, 0.25) is 0 Å². The number of hydrogen-bond donors (Lipinski definition) is 1. The lowest BCUT2D eigenvalue weighted by molar-refractivity contribution is -0.384. The summed E-state index contributed by atoms with van der Waals surface area (Å²) in [6.07, 6.45) is -0.296. The third-order valence-electron chi connectivity index (χ3n) is 4.42. The van der Waals surface area contributed by atoms with Crippen LogP contribution in [-0.2, 0) is 25.7 Å². The summed E-state index contributed by atoms with van der Waals surface area (Å²) < 4.78 is 11.0. The number of ether oxygens (including phenoxy) is 2. The number of amides is 2. The highest BCUT2D eigenvalue weighted by molar-refractivity contribution is 8.14. The Balaban J connectivity index is 2.05. The van der Waals surface area contributed by atoms with Crippen molar-refractivity contribution in [2.24, 2.45) is 0 Å². The molecule has 1 aliphatic heterocycles. The lowest BCUT2D eigenvalue weighted by Gasteiger charge is -2.33. The molecule has 0 saturated carbocycles. The van der Waals surface area contributed by atoms with Crippen molar-refractivity contribution in [3.05, 3.63) is 39.9 Å². The second kappa shape index (κ2) is 9.70. The standard InChI is InChI=1S/C18H23N3O7S/c1-12(22)29-15-8-18(2,28-11-16(23)19-3)20(9-15)17(24)27-10-13-4-6-14(7-5-13)21(25)26/h4-7,15H,8-11H2,1-3H3,(H,19,23)/t15-,18-/m0/s1. The molecule has 0 aromatic heterocycles. The van der Waals surface area contributed by atoms with Gasteiger partial charge in [-0.3, -0.25) is 24.6 Å². The Hall–Kier alpha value is -2.66. The van der Waals surface area contributed by atoms with Gasteiger partial charge in [-0.05, 0) is 24.6 Å². The quantitative estimate of drug-likeness (QED) is 0.519. The second-order valence-electron chi connectivity index (χ2n) is 6.66. The van der Waals surface area contributed by atoms with Crippen molar-refractivity contribution >= 4 is 34.6 Å². The number of hydrogen-bond acceptors (Lipinski definition) is 8. The van der Waals surface area contributed by atoms with E-state index in [1.54, 1.807) is 6.92 Å². The molecule has 2 rings (SSSR count). The van der Waals surface area contributed by atoms with E-state index < -0.39 is 16.7 Å². The van der Waals surface area contributed by atoms with Crippen molar-refractivity contribution < 1.29 is 28.8 Å². The SMILES string of the molecule is CNC(=O)CO[C@@]1(C)C[C@H](SC(C)=O)CN1C(=O)OCc1ccc([N+](=O)[O-])cc1. The lowest BCUT2D eigenvalue weighted by Crippen LogP contribution is -2.48. The largest absolute Gasteiger partial charge is 0.444 e. The third kappa shape index (κ3) is 6.16. The van der Waals surface area contributed by atoms with Crippen LogP contribution in [0, 0.1) is 10.1 Å². The molecular weight excluding hydrogens is 402 g/mol. The van der Waals surface area contributed by atoms with Crippen molar-refractivity contribution in [1.82, 2.24) is 10.2 Å². The van der Waals surface area contributed by atoms with E-state index in [4.69, 9.17) is 9.47 Å². The van der Waals surface area contributed by atoms with Gasteiger partial charge in [0.05, 0.1) is 4.92 Å². The lowest BCUT2D eigenvalue weighted by atomic mass is 10.2. The molecule has 1 N–H and O–H groups in total. The molecule has 1 aromatic carbocycles. The van der Waals surface area contributed by atoms with E-state index >= 15 is 0 Å². The van der Waals surface area contributed by atoms with Crippen molar-refractivity contribution in [2.75, 3.05) is 20.2 Å². The average molecular weight is 425 g/mol. The highest BCUT2D eigenvalue weighted by Crippen LogP contribution is 2.37. The zero-order chi connectivity index (χ0) is 21.6. The van der Waals surface area contributed by atoms with Crippen molar-refractivity contribution in [3.63, 3.8) is 0 Å². The van der Waals surface area contributed by atoms with Crippen molar-refractivity contribution in [1.29, 1.82) is 0 Å². The number of nitro groups is 1. The molecule has 1 fully saturated rings. The van der Waals surface area contributed by atoms with E-state index in [2.05, 4.69) is 5.32 Å². The van der Waals surface area contributed by atoms with E-state index in [-0.39, 0.29) is 41.7 Å². The zero-order valence-corrected chi connectivity index (χ0v) is 17.2. The first-order chi connectivity index (χ1) is 13.6. The van der Waals surface area contributed by atoms with Gasteiger partial charge < -0.3 is 14.8 Å². The normalized spacial score (nSPS) is 20.9. The maximum atomic E-state index is 12.7.